The summed E-state index contributed by atoms with van der Waals surface area (Å²) in [7, 11) is -2.99. The summed E-state index contributed by atoms with van der Waals surface area (Å²) in [6.45, 7) is 5.73. The van der Waals surface area contributed by atoms with Crippen LogP contribution in [0.15, 0.2) is 48.5 Å². The predicted octanol–water partition coefficient (Wildman–Crippen LogP) is 4.27. The van der Waals surface area contributed by atoms with E-state index in [-0.39, 0.29) is 28.4 Å². The number of carbonyl (C=O) groups excluding carboxylic acids is 1. The Morgan fingerprint density at radius 2 is 1.86 bits per heavy atom. The average Bonchev–Trinajstić information content (AvgIpc) is 3.50. The molecule has 2 bridgehead atoms. The van der Waals surface area contributed by atoms with E-state index in [4.69, 9.17) is 10.00 Å². The Hall–Kier alpha value is -3.91. The molecule has 3 heterocycles. The number of amides is 1. The number of anilines is 2. The first-order valence-corrected chi connectivity index (χ1v) is 13.5. The van der Waals surface area contributed by atoms with Crippen LogP contribution in [0, 0.1) is 17.1 Å². The number of nitrogens with zero attached hydrogens (tertiary/aromatic N) is 4. The number of nitriles is 1. The molecule has 2 unspecified atom stereocenters. The first kappa shape index (κ1) is 24.8. The van der Waals surface area contributed by atoms with E-state index < -0.39 is 27.3 Å². The largest absolute Gasteiger partial charge is 0.444 e. The molecule has 2 fully saturated rings. The summed E-state index contributed by atoms with van der Waals surface area (Å²) in [4.78, 5) is 14.4. The van der Waals surface area contributed by atoms with E-state index >= 15 is 0 Å². The summed E-state index contributed by atoms with van der Waals surface area (Å²) >= 11 is 0. The van der Waals surface area contributed by atoms with Crippen molar-refractivity contribution in [2.24, 2.45) is 0 Å². The molecule has 9 nitrogen and oxygen atoms in total. The number of carbonyl (C=O) groups is 1. The Balaban J connectivity index is 1.47. The van der Waals surface area contributed by atoms with Gasteiger partial charge in [-0.1, -0.05) is 6.07 Å². The third-order valence-electron chi connectivity index (χ3n) is 6.46. The van der Waals surface area contributed by atoms with Gasteiger partial charge in [-0.2, -0.15) is 5.26 Å². The van der Waals surface area contributed by atoms with E-state index in [1.54, 1.807) is 37.6 Å². The minimum atomic E-state index is -2.99. The highest BCUT2D eigenvalue weighted by atomic mass is 32.2. The van der Waals surface area contributed by atoms with E-state index in [2.05, 4.69) is 15.3 Å². The zero-order valence-corrected chi connectivity index (χ0v) is 21.4. The van der Waals surface area contributed by atoms with Gasteiger partial charge in [-0.3, -0.25) is 5.32 Å². The Kier molecular flexibility index (Phi) is 5.95. The number of benzene rings is 2. The third-order valence-corrected chi connectivity index (χ3v) is 8.66. The minimum Gasteiger partial charge on any atom is -0.444 e. The number of ether oxygens (including phenoxy) is 1. The first-order valence-electron chi connectivity index (χ1n) is 11.8. The number of aromatic nitrogens is 2. The van der Waals surface area contributed by atoms with Crippen LogP contribution in [-0.2, 0) is 14.6 Å². The van der Waals surface area contributed by atoms with Crippen LogP contribution in [0.2, 0.25) is 0 Å². The smallest absolute Gasteiger partial charge is 0.413 e. The molecule has 192 valence electrons. The van der Waals surface area contributed by atoms with Gasteiger partial charge in [0, 0.05) is 29.9 Å². The Morgan fingerprint density at radius 1 is 1.16 bits per heavy atom. The molecule has 2 aliphatic heterocycles. The topological polar surface area (TPSA) is 117 Å². The molecule has 2 saturated heterocycles. The van der Waals surface area contributed by atoms with Crippen molar-refractivity contribution in [2.45, 2.75) is 44.1 Å². The lowest BCUT2D eigenvalue weighted by molar-refractivity contribution is 0.0635. The van der Waals surface area contributed by atoms with Crippen LogP contribution in [0.5, 0.6) is 0 Å². The second kappa shape index (κ2) is 8.88. The van der Waals surface area contributed by atoms with E-state index in [1.807, 2.05) is 30.3 Å². The molecule has 0 spiro atoms. The summed E-state index contributed by atoms with van der Waals surface area (Å²) < 4.78 is 45.5. The number of sulfone groups is 1. The van der Waals surface area contributed by atoms with Gasteiger partial charge in [0.15, 0.2) is 15.7 Å². The highest BCUT2D eigenvalue weighted by Crippen LogP contribution is 2.37. The maximum Gasteiger partial charge on any atom is 0.413 e. The molecule has 2 aliphatic rings. The maximum atomic E-state index is 14.4. The van der Waals surface area contributed by atoms with Crippen molar-refractivity contribution in [3.8, 4) is 23.0 Å². The molecular weight excluding hydrogens is 497 g/mol. The molecular formula is C26H26FN5O4S. The van der Waals surface area contributed by atoms with Crippen molar-refractivity contribution >= 4 is 27.4 Å². The van der Waals surface area contributed by atoms with Crippen LogP contribution < -0.4 is 10.2 Å². The van der Waals surface area contributed by atoms with Crippen molar-refractivity contribution in [3.05, 3.63) is 59.9 Å². The molecule has 5 rings (SSSR count). The monoisotopic (exact) mass is 523 g/mol. The SMILES string of the molecule is CC(C)(C)OC(=O)Nc1cc(-c2ccc(C#N)c(F)c2)n(-c2ccc(N3CC4CC3CS4(=O)=O)cc2)n1. The van der Waals surface area contributed by atoms with Gasteiger partial charge in [0.2, 0.25) is 0 Å². The molecule has 0 saturated carbocycles. The summed E-state index contributed by atoms with van der Waals surface area (Å²) in [6.07, 6.45) is -0.0266. The van der Waals surface area contributed by atoms with Crippen LogP contribution in [0.1, 0.15) is 32.8 Å². The Labute approximate surface area is 214 Å². The molecule has 37 heavy (non-hydrogen) atoms. The second-order valence-electron chi connectivity index (χ2n) is 10.3. The molecule has 0 aliphatic carbocycles. The Morgan fingerprint density at radius 3 is 2.43 bits per heavy atom. The van der Waals surface area contributed by atoms with Gasteiger partial charge in [0.05, 0.1) is 27.9 Å². The zero-order chi connectivity index (χ0) is 26.5. The lowest BCUT2D eigenvalue weighted by Gasteiger charge is -2.29. The number of hydrogen-bond donors (Lipinski definition) is 1. The molecule has 2 atom stereocenters. The van der Waals surface area contributed by atoms with Crippen LogP contribution in [-0.4, -0.2) is 53.5 Å². The summed E-state index contributed by atoms with van der Waals surface area (Å²) in [6, 6.07) is 15.1. The fraction of sp³-hybridized carbons (Fsp3) is 0.346. The normalized spacial score (nSPS) is 20.0. The standard InChI is InChI=1S/C26H26FN5O4S/c1-26(2,3)36-25(33)29-24-12-23(16-4-5-17(13-28)22(27)10-16)32(30-24)19-8-6-18(7-9-19)31-14-21-11-20(31)15-37(21,34)35/h4-10,12,20-21H,11,14-15H2,1-3H3,(H,29,30,33). The molecule has 1 N–H and O–H groups in total. The number of fused-ring (bicyclic) bond motifs is 2. The fourth-order valence-electron chi connectivity index (χ4n) is 4.82. The van der Waals surface area contributed by atoms with Crippen LogP contribution in [0.25, 0.3) is 16.9 Å². The van der Waals surface area contributed by atoms with E-state index in [0.29, 0.717) is 29.9 Å². The van der Waals surface area contributed by atoms with Gasteiger partial charge in [0.25, 0.3) is 0 Å². The first-order chi connectivity index (χ1) is 17.4. The summed E-state index contributed by atoms with van der Waals surface area (Å²) in [5.74, 6) is -0.281. The quantitative estimate of drug-likeness (QED) is 0.543. The molecule has 2 aromatic carbocycles. The minimum absolute atomic E-state index is 0.0210. The number of nitrogens with one attached hydrogen (secondary N) is 1. The van der Waals surface area contributed by atoms with Crippen molar-refractivity contribution in [1.82, 2.24) is 9.78 Å². The van der Waals surface area contributed by atoms with Gasteiger partial charge in [-0.05, 0) is 63.6 Å². The van der Waals surface area contributed by atoms with Gasteiger partial charge in [0.1, 0.15) is 17.5 Å². The van der Waals surface area contributed by atoms with Gasteiger partial charge < -0.3 is 9.64 Å². The summed E-state index contributed by atoms with van der Waals surface area (Å²) in [5, 5.41) is 15.9. The van der Waals surface area contributed by atoms with Crippen molar-refractivity contribution in [2.75, 3.05) is 22.5 Å². The van der Waals surface area contributed by atoms with Crippen LogP contribution >= 0.6 is 0 Å². The number of hydrogen-bond acceptors (Lipinski definition) is 7. The number of rotatable bonds is 4. The molecule has 11 heteroatoms. The van der Waals surface area contributed by atoms with E-state index in [0.717, 1.165) is 5.69 Å². The van der Waals surface area contributed by atoms with Crippen LogP contribution in [0.4, 0.5) is 20.7 Å². The molecule has 1 aromatic heterocycles. The third kappa shape index (κ3) is 4.89. The van der Waals surface area contributed by atoms with Crippen molar-refractivity contribution in [1.29, 1.82) is 5.26 Å². The average molecular weight is 524 g/mol. The van der Waals surface area contributed by atoms with Crippen molar-refractivity contribution in [3.63, 3.8) is 0 Å². The molecule has 0 radical (unpaired) electrons. The Bertz CT molecular complexity index is 1520. The fourth-order valence-corrected chi connectivity index (χ4v) is 6.84. The van der Waals surface area contributed by atoms with Crippen LogP contribution in [0.3, 0.4) is 0 Å². The lowest BCUT2D eigenvalue weighted by Crippen LogP contribution is -2.40. The van der Waals surface area contributed by atoms with E-state index in [9.17, 15) is 17.6 Å². The van der Waals surface area contributed by atoms with Gasteiger partial charge in [-0.25, -0.2) is 22.3 Å². The molecule has 1 amide bonds. The molecule has 3 aromatic rings. The van der Waals surface area contributed by atoms with Gasteiger partial charge in [-0.15, -0.1) is 5.10 Å². The zero-order valence-electron chi connectivity index (χ0n) is 20.6. The predicted molar refractivity (Wildman–Crippen MR) is 137 cm³/mol. The van der Waals surface area contributed by atoms with E-state index in [1.165, 1.54) is 12.1 Å². The second-order valence-corrected chi connectivity index (χ2v) is 12.6. The number of halogens is 1. The highest BCUT2D eigenvalue weighted by Gasteiger charge is 2.48. The van der Waals surface area contributed by atoms with Crippen molar-refractivity contribution < 1.29 is 22.3 Å². The summed E-state index contributed by atoms with van der Waals surface area (Å²) in [5.41, 5.74) is 1.75. The lowest BCUT2D eigenvalue weighted by atomic mass is 10.1. The highest BCUT2D eigenvalue weighted by molar-refractivity contribution is 7.92. The maximum absolute atomic E-state index is 14.4. The van der Waals surface area contributed by atoms with Gasteiger partial charge >= 0.3 is 6.09 Å².